The lowest BCUT2D eigenvalue weighted by Gasteiger charge is -1.94. The van der Waals surface area contributed by atoms with E-state index in [1.165, 1.54) is 4.88 Å². The van der Waals surface area contributed by atoms with E-state index >= 15 is 0 Å². The molecule has 0 saturated heterocycles. The minimum absolute atomic E-state index is 0.255. The van der Waals surface area contributed by atoms with E-state index < -0.39 is 5.97 Å². The molecule has 5 heteroatoms. The van der Waals surface area contributed by atoms with E-state index in [1.54, 1.807) is 29.7 Å². The largest absolute Gasteiger partial charge is 0.478 e. The molecule has 1 N–H and O–H groups in total. The SMILES string of the molecule is CCc1ccc(-c2cn3ccc(C(=O)O)cc3n2)s1. The molecule has 0 spiro atoms. The number of carbonyl (C=O) groups is 1. The zero-order valence-corrected chi connectivity index (χ0v) is 11.1. The van der Waals surface area contributed by atoms with E-state index in [4.69, 9.17) is 5.11 Å². The molecule has 0 aliphatic carbocycles. The third-order valence-corrected chi connectivity index (χ3v) is 4.22. The summed E-state index contributed by atoms with van der Waals surface area (Å²) in [4.78, 5) is 17.8. The van der Waals surface area contributed by atoms with Crippen molar-refractivity contribution in [2.24, 2.45) is 0 Å². The highest BCUT2D eigenvalue weighted by Crippen LogP contribution is 2.28. The number of aromatic nitrogens is 2. The van der Waals surface area contributed by atoms with Gasteiger partial charge in [0.1, 0.15) is 5.65 Å². The number of thiophene rings is 1. The molecule has 0 unspecified atom stereocenters. The molecule has 0 aliphatic heterocycles. The number of imidazole rings is 1. The maximum Gasteiger partial charge on any atom is 0.335 e. The molecule has 0 radical (unpaired) electrons. The topological polar surface area (TPSA) is 54.6 Å². The van der Waals surface area contributed by atoms with Gasteiger partial charge < -0.3 is 9.51 Å². The first-order valence-electron chi connectivity index (χ1n) is 5.98. The highest BCUT2D eigenvalue weighted by Gasteiger charge is 2.09. The molecule has 3 aromatic rings. The second-order valence-corrected chi connectivity index (χ2v) is 5.40. The van der Waals surface area contributed by atoms with Crippen LogP contribution in [-0.4, -0.2) is 20.5 Å². The van der Waals surface area contributed by atoms with Crippen LogP contribution in [-0.2, 0) is 6.42 Å². The van der Waals surface area contributed by atoms with Gasteiger partial charge in [-0.25, -0.2) is 9.78 Å². The summed E-state index contributed by atoms with van der Waals surface area (Å²) in [5.74, 6) is -0.934. The Labute approximate surface area is 114 Å². The second kappa shape index (κ2) is 4.51. The van der Waals surface area contributed by atoms with Gasteiger partial charge in [-0.15, -0.1) is 11.3 Å². The van der Waals surface area contributed by atoms with Gasteiger partial charge in [-0.2, -0.15) is 0 Å². The van der Waals surface area contributed by atoms with Crippen LogP contribution in [0, 0.1) is 0 Å². The van der Waals surface area contributed by atoms with E-state index in [-0.39, 0.29) is 5.56 Å². The second-order valence-electron chi connectivity index (χ2n) is 4.23. The zero-order valence-electron chi connectivity index (χ0n) is 10.3. The minimum Gasteiger partial charge on any atom is -0.478 e. The smallest absolute Gasteiger partial charge is 0.335 e. The van der Waals surface area contributed by atoms with E-state index in [0.29, 0.717) is 5.65 Å². The fraction of sp³-hybridized carbons (Fsp3) is 0.143. The van der Waals surface area contributed by atoms with Crippen molar-refractivity contribution in [1.82, 2.24) is 9.38 Å². The van der Waals surface area contributed by atoms with Gasteiger partial charge in [-0.05, 0) is 30.7 Å². The normalized spacial score (nSPS) is 11.0. The summed E-state index contributed by atoms with van der Waals surface area (Å²) < 4.78 is 1.84. The molecule has 0 bridgehead atoms. The van der Waals surface area contributed by atoms with Crippen molar-refractivity contribution in [2.45, 2.75) is 13.3 Å². The molecule has 0 fully saturated rings. The Hall–Kier alpha value is -2.14. The number of nitrogens with zero attached hydrogens (tertiary/aromatic N) is 2. The molecule has 0 atom stereocenters. The summed E-state index contributed by atoms with van der Waals surface area (Å²) in [5.41, 5.74) is 1.79. The number of carboxylic acids is 1. The molecule has 0 aliphatic rings. The third kappa shape index (κ3) is 2.13. The number of hydrogen-bond acceptors (Lipinski definition) is 3. The highest BCUT2D eigenvalue weighted by atomic mass is 32.1. The predicted octanol–water partition coefficient (Wildman–Crippen LogP) is 3.32. The van der Waals surface area contributed by atoms with E-state index in [2.05, 4.69) is 24.0 Å². The maximum absolute atomic E-state index is 10.9. The standard InChI is InChI=1S/C14H12N2O2S/c1-2-10-3-4-12(19-10)11-8-16-6-5-9(14(17)18)7-13(16)15-11/h3-8H,2H2,1H3,(H,17,18). The Morgan fingerprint density at radius 2 is 2.26 bits per heavy atom. The Balaban J connectivity index is 2.08. The number of fused-ring (bicyclic) bond motifs is 1. The zero-order chi connectivity index (χ0) is 13.4. The molecule has 0 amide bonds. The number of aromatic carboxylic acids is 1. The third-order valence-electron chi connectivity index (χ3n) is 2.97. The van der Waals surface area contributed by atoms with E-state index in [0.717, 1.165) is 17.0 Å². The summed E-state index contributed by atoms with van der Waals surface area (Å²) in [6, 6.07) is 7.32. The monoisotopic (exact) mass is 272 g/mol. The lowest BCUT2D eigenvalue weighted by molar-refractivity contribution is 0.0697. The quantitative estimate of drug-likeness (QED) is 0.795. The molecule has 4 nitrogen and oxygen atoms in total. The van der Waals surface area contributed by atoms with Crippen molar-refractivity contribution >= 4 is 23.0 Å². The molecule has 3 rings (SSSR count). The Bertz CT molecular complexity index is 758. The van der Waals surface area contributed by atoms with Crippen molar-refractivity contribution in [3.05, 3.63) is 47.1 Å². The van der Waals surface area contributed by atoms with Crippen LogP contribution in [0.25, 0.3) is 16.2 Å². The first-order valence-corrected chi connectivity index (χ1v) is 6.80. The van der Waals surface area contributed by atoms with Gasteiger partial charge in [-0.3, -0.25) is 0 Å². The van der Waals surface area contributed by atoms with Crippen LogP contribution < -0.4 is 0 Å². The summed E-state index contributed by atoms with van der Waals surface area (Å²) in [6.45, 7) is 2.12. The summed E-state index contributed by atoms with van der Waals surface area (Å²) in [6.07, 6.45) is 4.66. The molecular weight excluding hydrogens is 260 g/mol. The van der Waals surface area contributed by atoms with Gasteiger partial charge in [0.05, 0.1) is 16.1 Å². The van der Waals surface area contributed by atoms with Crippen molar-refractivity contribution in [3.8, 4) is 10.6 Å². The predicted molar refractivity (Wildman–Crippen MR) is 74.8 cm³/mol. The molecule has 19 heavy (non-hydrogen) atoms. The van der Waals surface area contributed by atoms with Crippen molar-refractivity contribution in [2.75, 3.05) is 0 Å². The lowest BCUT2D eigenvalue weighted by atomic mass is 10.3. The molecule has 0 aromatic carbocycles. The van der Waals surface area contributed by atoms with E-state index in [9.17, 15) is 4.79 Å². The molecular formula is C14H12N2O2S. The van der Waals surface area contributed by atoms with Crippen LogP contribution in [0.4, 0.5) is 0 Å². The van der Waals surface area contributed by atoms with Crippen LogP contribution in [0.5, 0.6) is 0 Å². The fourth-order valence-electron chi connectivity index (χ4n) is 1.94. The average molecular weight is 272 g/mol. The maximum atomic E-state index is 10.9. The van der Waals surface area contributed by atoms with Gasteiger partial charge in [0, 0.05) is 17.3 Å². The van der Waals surface area contributed by atoms with Crippen molar-refractivity contribution in [3.63, 3.8) is 0 Å². The lowest BCUT2D eigenvalue weighted by Crippen LogP contribution is -1.96. The van der Waals surface area contributed by atoms with Crippen molar-refractivity contribution in [1.29, 1.82) is 0 Å². The molecule has 3 aromatic heterocycles. The molecule has 3 heterocycles. The molecule has 0 saturated carbocycles. The number of aryl methyl sites for hydroxylation is 1. The number of carboxylic acid groups (broad SMARTS) is 1. The molecule has 96 valence electrons. The van der Waals surface area contributed by atoms with Gasteiger partial charge in [0.25, 0.3) is 0 Å². The van der Waals surface area contributed by atoms with Crippen molar-refractivity contribution < 1.29 is 9.90 Å². The summed E-state index contributed by atoms with van der Waals surface area (Å²) in [7, 11) is 0. The van der Waals surface area contributed by atoms with Gasteiger partial charge in [0.15, 0.2) is 0 Å². The van der Waals surface area contributed by atoms with Crippen LogP contribution in [0.2, 0.25) is 0 Å². The fourth-order valence-corrected chi connectivity index (χ4v) is 2.84. The first kappa shape index (κ1) is 11.9. The highest BCUT2D eigenvalue weighted by molar-refractivity contribution is 7.15. The number of rotatable bonds is 3. The minimum atomic E-state index is -0.934. The first-order chi connectivity index (χ1) is 9.17. The van der Waals surface area contributed by atoms with Gasteiger partial charge >= 0.3 is 5.97 Å². The van der Waals surface area contributed by atoms with Crippen LogP contribution in [0.15, 0.2) is 36.7 Å². The Morgan fingerprint density at radius 3 is 2.95 bits per heavy atom. The summed E-state index contributed by atoms with van der Waals surface area (Å²) in [5, 5.41) is 8.97. The van der Waals surface area contributed by atoms with Crippen LogP contribution in [0.1, 0.15) is 22.2 Å². The van der Waals surface area contributed by atoms with Crippen LogP contribution in [0.3, 0.4) is 0 Å². The van der Waals surface area contributed by atoms with E-state index in [1.807, 2.05) is 10.6 Å². The van der Waals surface area contributed by atoms with Gasteiger partial charge in [-0.1, -0.05) is 6.92 Å². The summed E-state index contributed by atoms with van der Waals surface area (Å²) >= 11 is 1.72. The Morgan fingerprint density at radius 1 is 1.42 bits per heavy atom. The number of hydrogen-bond donors (Lipinski definition) is 1. The van der Waals surface area contributed by atoms with Gasteiger partial charge in [0.2, 0.25) is 0 Å². The Kier molecular flexibility index (Phi) is 2.83. The number of pyridine rings is 1. The van der Waals surface area contributed by atoms with Crippen LogP contribution >= 0.6 is 11.3 Å². The average Bonchev–Trinajstić information content (AvgIpc) is 3.03.